The Bertz CT molecular complexity index is 791. The number of carbonyl (C=O) groups is 1. The molecule has 0 atom stereocenters. The number of unbranched alkanes of at least 4 members (excludes halogenated alkanes) is 1. The maximum Gasteiger partial charge on any atom is 0.409 e. The van der Waals surface area contributed by atoms with Crippen molar-refractivity contribution in [1.82, 2.24) is 14.9 Å². The molecule has 156 valence electrons. The van der Waals surface area contributed by atoms with E-state index in [0.29, 0.717) is 38.7 Å². The van der Waals surface area contributed by atoms with Gasteiger partial charge in [-0.05, 0) is 13.3 Å². The van der Waals surface area contributed by atoms with Crippen molar-refractivity contribution in [3.05, 3.63) is 36.4 Å². The van der Waals surface area contributed by atoms with E-state index < -0.39 is 0 Å². The first kappa shape index (κ1) is 20.9. The van der Waals surface area contributed by atoms with E-state index in [1.165, 1.54) is 0 Å². The van der Waals surface area contributed by atoms with Crippen molar-refractivity contribution in [3.63, 3.8) is 0 Å². The minimum Gasteiger partial charge on any atom is -0.450 e. The fraction of sp³-hybridized carbons (Fsp3) is 0.500. The highest BCUT2D eigenvalue weighted by molar-refractivity contribution is 5.68. The van der Waals surface area contributed by atoms with E-state index in [9.17, 15) is 4.79 Å². The summed E-state index contributed by atoms with van der Waals surface area (Å²) in [6.45, 7) is 7.97. The minimum absolute atomic E-state index is 0.244. The summed E-state index contributed by atoms with van der Waals surface area (Å²) in [7, 11) is 2.08. The van der Waals surface area contributed by atoms with Crippen molar-refractivity contribution >= 4 is 17.9 Å². The standard InChI is InChI=1S/C22H31N5O2/c1-4-6-12-25(3)20-17-19(18-10-8-7-9-11-18)23-21(24-20)26-13-15-27(16-14-26)22(28)29-5-2/h7-11,17H,4-6,12-16H2,1-3H3. The van der Waals surface area contributed by atoms with Crippen LogP contribution in [0, 0.1) is 0 Å². The summed E-state index contributed by atoms with van der Waals surface area (Å²) in [6.07, 6.45) is 2.02. The zero-order valence-corrected chi connectivity index (χ0v) is 17.7. The number of aromatic nitrogens is 2. The van der Waals surface area contributed by atoms with Gasteiger partial charge in [0.25, 0.3) is 0 Å². The summed E-state index contributed by atoms with van der Waals surface area (Å²) in [4.78, 5) is 27.8. The van der Waals surface area contributed by atoms with Gasteiger partial charge in [0.2, 0.25) is 5.95 Å². The third-order valence-electron chi connectivity index (χ3n) is 5.10. The summed E-state index contributed by atoms with van der Waals surface area (Å²) in [5, 5.41) is 0. The van der Waals surface area contributed by atoms with Gasteiger partial charge in [-0.1, -0.05) is 43.7 Å². The molecule has 0 radical (unpaired) electrons. The molecular weight excluding hydrogens is 366 g/mol. The maximum atomic E-state index is 12.0. The molecule has 0 N–H and O–H groups in total. The molecule has 1 aromatic carbocycles. The van der Waals surface area contributed by atoms with Gasteiger partial charge in [-0.15, -0.1) is 0 Å². The zero-order valence-electron chi connectivity index (χ0n) is 17.7. The summed E-state index contributed by atoms with van der Waals surface area (Å²) < 4.78 is 5.12. The van der Waals surface area contributed by atoms with Gasteiger partial charge in [-0.2, -0.15) is 4.98 Å². The van der Waals surface area contributed by atoms with Crippen LogP contribution in [0.15, 0.2) is 36.4 Å². The van der Waals surface area contributed by atoms with Crippen LogP contribution < -0.4 is 9.80 Å². The first-order valence-electron chi connectivity index (χ1n) is 10.4. The van der Waals surface area contributed by atoms with Gasteiger partial charge >= 0.3 is 6.09 Å². The van der Waals surface area contributed by atoms with Crippen molar-refractivity contribution in [2.45, 2.75) is 26.7 Å². The van der Waals surface area contributed by atoms with Crippen LogP contribution in [0.5, 0.6) is 0 Å². The van der Waals surface area contributed by atoms with E-state index in [0.717, 1.165) is 36.5 Å². The highest BCUT2D eigenvalue weighted by Crippen LogP contribution is 2.25. The molecule has 0 saturated carbocycles. The molecule has 2 aromatic rings. The van der Waals surface area contributed by atoms with E-state index in [1.807, 2.05) is 25.1 Å². The highest BCUT2D eigenvalue weighted by Gasteiger charge is 2.24. The smallest absolute Gasteiger partial charge is 0.409 e. The molecule has 1 aliphatic rings. The second-order valence-corrected chi connectivity index (χ2v) is 7.23. The van der Waals surface area contributed by atoms with Gasteiger partial charge in [0, 0.05) is 51.4 Å². The zero-order chi connectivity index (χ0) is 20.6. The minimum atomic E-state index is -0.244. The summed E-state index contributed by atoms with van der Waals surface area (Å²) in [5.41, 5.74) is 1.99. The number of benzene rings is 1. The maximum absolute atomic E-state index is 12.0. The molecule has 1 amide bonds. The number of hydrogen-bond acceptors (Lipinski definition) is 6. The van der Waals surface area contributed by atoms with E-state index in [4.69, 9.17) is 14.7 Å². The Labute approximate surface area is 173 Å². The molecule has 0 bridgehead atoms. The molecule has 1 saturated heterocycles. The highest BCUT2D eigenvalue weighted by atomic mass is 16.6. The van der Waals surface area contributed by atoms with Crippen LogP contribution in [0.1, 0.15) is 26.7 Å². The van der Waals surface area contributed by atoms with Gasteiger partial charge in [0.15, 0.2) is 0 Å². The lowest BCUT2D eigenvalue weighted by atomic mass is 10.1. The van der Waals surface area contributed by atoms with Crippen molar-refractivity contribution in [3.8, 4) is 11.3 Å². The molecular formula is C22H31N5O2. The third kappa shape index (κ3) is 5.37. The van der Waals surface area contributed by atoms with Gasteiger partial charge in [-0.25, -0.2) is 9.78 Å². The van der Waals surface area contributed by atoms with Crippen molar-refractivity contribution in [2.75, 3.05) is 56.2 Å². The van der Waals surface area contributed by atoms with Crippen molar-refractivity contribution in [1.29, 1.82) is 0 Å². The lowest BCUT2D eigenvalue weighted by Crippen LogP contribution is -2.49. The van der Waals surface area contributed by atoms with Crippen LogP contribution >= 0.6 is 0 Å². The van der Waals surface area contributed by atoms with E-state index in [1.54, 1.807) is 4.90 Å². The summed E-state index contributed by atoms with van der Waals surface area (Å²) >= 11 is 0. The normalized spacial score (nSPS) is 14.0. The molecule has 7 nitrogen and oxygen atoms in total. The molecule has 2 heterocycles. The second kappa shape index (κ2) is 10.1. The summed E-state index contributed by atoms with van der Waals surface area (Å²) in [5.74, 6) is 1.64. The van der Waals surface area contributed by atoms with E-state index in [2.05, 4.69) is 42.0 Å². The topological polar surface area (TPSA) is 61.8 Å². The number of piperazine rings is 1. The molecule has 7 heteroatoms. The molecule has 0 aliphatic carbocycles. The van der Waals surface area contributed by atoms with Crippen LogP contribution in [-0.2, 0) is 4.74 Å². The fourth-order valence-corrected chi connectivity index (χ4v) is 3.33. The average molecular weight is 398 g/mol. The first-order valence-corrected chi connectivity index (χ1v) is 10.4. The van der Waals surface area contributed by atoms with Crippen LogP contribution in [0.3, 0.4) is 0 Å². The number of anilines is 2. The Morgan fingerprint density at radius 1 is 1.10 bits per heavy atom. The predicted molar refractivity (Wildman–Crippen MR) is 116 cm³/mol. The van der Waals surface area contributed by atoms with E-state index in [-0.39, 0.29) is 6.09 Å². The van der Waals surface area contributed by atoms with Gasteiger partial charge in [0.1, 0.15) is 5.82 Å². The number of nitrogens with zero attached hydrogens (tertiary/aromatic N) is 5. The quantitative estimate of drug-likeness (QED) is 0.711. The Balaban J connectivity index is 1.83. The molecule has 0 unspecified atom stereocenters. The van der Waals surface area contributed by atoms with Crippen molar-refractivity contribution in [2.24, 2.45) is 0 Å². The van der Waals surface area contributed by atoms with Gasteiger partial charge in [-0.3, -0.25) is 0 Å². The first-order chi connectivity index (χ1) is 14.1. The molecule has 0 spiro atoms. The lowest BCUT2D eigenvalue weighted by molar-refractivity contribution is 0.105. The van der Waals surface area contributed by atoms with Crippen LogP contribution in [0.25, 0.3) is 11.3 Å². The Kier molecular flexibility index (Phi) is 7.27. The third-order valence-corrected chi connectivity index (χ3v) is 5.10. The number of amides is 1. The largest absolute Gasteiger partial charge is 0.450 e. The fourth-order valence-electron chi connectivity index (χ4n) is 3.33. The molecule has 1 aliphatic heterocycles. The second-order valence-electron chi connectivity index (χ2n) is 7.23. The monoisotopic (exact) mass is 397 g/mol. The van der Waals surface area contributed by atoms with Crippen molar-refractivity contribution < 1.29 is 9.53 Å². The number of rotatable bonds is 7. The summed E-state index contributed by atoms with van der Waals surface area (Å²) in [6, 6.07) is 12.3. The number of ether oxygens (including phenoxy) is 1. The molecule has 1 fully saturated rings. The molecule has 1 aromatic heterocycles. The van der Waals surface area contributed by atoms with Crippen LogP contribution in [-0.4, -0.2) is 67.3 Å². The van der Waals surface area contributed by atoms with Crippen LogP contribution in [0.2, 0.25) is 0 Å². The average Bonchev–Trinajstić information content (AvgIpc) is 2.78. The van der Waals surface area contributed by atoms with E-state index >= 15 is 0 Å². The number of hydrogen-bond donors (Lipinski definition) is 0. The van der Waals surface area contributed by atoms with Crippen LogP contribution in [0.4, 0.5) is 16.6 Å². The Morgan fingerprint density at radius 2 is 1.83 bits per heavy atom. The number of carbonyl (C=O) groups excluding carboxylic acids is 1. The lowest BCUT2D eigenvalue weighted by Gasteiger charge is -2.34. The Hall–Kier alpha value is -2.83. The predicted octanol–water partition coefficient (Wildman–Crippen LogP) is 3.66. The SMILES string of the molecule is CCCCN(C)c1cc(-c2ccccc2)nc(N2CCN(C(=O)OCC)CC2)n1. The van der Waals surface area contributed by atoms with Gasteiger partial charge in [0.05, 0.1) is 12.3 Å². The van der Waals surface area contributed by atoms with Gasteiger partial charge < -0.3 is 19.4 Å². The Morgan fingerprint density at radius 3 is 2.48 bits per heavy atom. The molecule has 29 heavy (non-hydrogen) atoms. The molecule has 3 rings (SSSR count).